The second-order valence-corrected chi connectivity index (χ2v) is 7.63. The molecule has 2 rings (SSSR count). The zero-order valence-corrected chi connectivity index (χ0v) is 12.9. The third-order valence-corrected chi connectivity index (χ3v) is 4.02. The van der Waals surface area contributed by atoms with E-state index in [-0.39, 0.29) is 28.5 Å². The minimum atomic E-state index is -0.0523. The molecule has 1 saturated carbocycles. The van der Waals surface area contributed by atoms with Gasteiger partial charge in [-0.15, -0.1) is 0 Å². The molecule has 0 spiro atoms. The molecule has 0 atom stereocenters. The summed E-state index contributed by atoms with van der Waals surface area (Å²) in [5.74, 6) is 0.130. The quantitative estimate of drug-likeness (QED) is 0.864. The molecule has 1 aliphatic rings. The predicted molar refractivity (Wildman–Crippen MR) is 80.8 cm³/mol. The van der Waals surface area contributed by atoms with Crippen LogP contribution in [0.25, 0.3) is 0 Å². The van der Waals surface area contributed by atoms with Gasteiger partial charge in [-0.1, -0.05) is 27.7 Å². The van der Waals surface area contributed by atoms with Crippen LogP contribution in [-0.2, 0) is 0 Å². The van der Waals surface area contributed by atoms with Gasteiger partial charge in [0.05, 0.1) is 0 Å². The molecule has 110 valence electrons. The number of carbonyl (C=O) groups is 1. The minimum absolute atomic E-state index is 0.0523. The Kier molecular flexibility index (Phi) is 3.81. The summed E-state index contributed by atoms with van der Waals surface area (Å²) in [4.78, 5) is 12.3. The van der Waals surface area contributed by atoms with Gasteiger partial charge in [-0.3, -0.25) is 4.79 Å². The van der Waals surface area contributed by atoms with Gasteiger partial charge in [-0.05, 0) is 54.4 Å². The molecular weight excluding hydrogens is 250 g/mol. The van der Waals surface area contributed by atoms with E-state index in [1.54, 1.807) is 24.3 Å². The number of rotatable bonds is 2. The molecule has 0 saturated heterocycles. The first-order valence-corrected chi connectivity index (χ1v) is 7.27. The van der Waals surface area contributed by atoms with Crippen molar-refractivity contribution in [2.24, 2.45) is 10.8 Å². The van der Waals surface area contributed by atoms with E-state index in [1.165, 1.54) is 6.42 Å². The molecule has 20 heavy (non-hydrogen) atoms. The second kappa shape index (κ2) is 5.12. The Labute approximate surface area is 121 Å². The van der Waals surface area contributed by atoms with Gasteiger partial charge in [0.25, 0.3) is 5.91 Å². The van der Waals surface area contributed by atoms with E-state index < -0.39 is 0 Å². The number of carbonyl (C=O) groups excluding carboxylic acids is 1. The van der Waals surface area contributed by atoms with E-state index in [0.717, 1.165) is 12.8 Å². The van der Waals surface area contributed by atoms with Crippen LogP contribution >= 0.6 is 0 Å². The lowest BCUT2D eigenvalue weighted by molar-refractivity contribution is 0.0713. The summed E-state index contributed by atoms with van der Waals surface area (Å²) >= 11 is 0. The fourth-order valence-electron chi connectivity index (χ4n) is 3.83. The first kappa shape index (κ1) is 14.9. The lowest BCUT2D eigenvalue weighted by Gasteiger charge is -2.45. The molecule has 0 aliphatic heterocycles. The maximum atomic E-state index is 12.3. The summed E-state index contributed by atoms with van der Waals surface area (Å²) in [6.07, 6.45) is 3.21. The normalized spacial score (nSPS) is 21.4. The Balaban J connectivity index is 2.05. The van der Waals surface area contributed by atoms with Crippen LogP contribution in [0.2, 0.25) is 0 Å². The van der Waals surface area contributed by atoms with Crippen LogP contribution in [0.1, 0.15) is 57.3 Å². The third kappa shape index (κ3) is 3.75. The molecule has 2 N–H and O–H groups in total. The molecular formula is C17H25NO2. The van der Waals surface area contributed by atoms with Crippen molar-refractivity contribution < 1.29 is 9.90 Å². The van der Waals surface area contributed by atoms with Crippen molar-refractivity contribution in [2.75, 3.05) is 0 Å². The standard InChI is InChI=1S/C17H25NO2/c1-16(2)9-13(10-17(3,4)11-16)18-15(20)12-5-7-14(19)8-6-12/h5-8,13,19H,9-11H2,1-4H3,(H,18,20). The van der Waals surface area contributed by atoms with E-state index in [0.29, 0.717) is 5.56 Å². The van der Waals surface area contributed by atoms with Gasteiger partial charge in [0.1, 0.15) is 5.75 Å². The number of benzene rings is 1. The highest BCUT2D eigenvalue weighted by molar-refractivity contribution is 5.94. The number of nitrogens with one attached hydrogen (secondary N) is 1. The molecule has 0 unspecified atom stereocenters. The Morgan fingerprint density at radius 3 is 2.10 bits per heavy atom. The van der Waals surface area contributed by atoms with Crippen molar-refractivity contribution in [3.8, 4) is 5.75 Å². The molecule has 1 aliphatic carbocycles. The molecule has 0 radical (unpaired) electrons. The lowest BCUT2D eigenvalue weighted by atomic mass is 9.63. The lowest BCUT2D eigenvalue weighted by Crippen LogP contribution is -2.46. The average molecular weight is 275 g/mol. The van der Waals surface area contributed by atoms with Crippen LogP contribution in [0.3, 0.4) is 0 Å². The van der Waals surface area contributed by atoms with Crippen molar-refractivity contribution in [1.82, 2.24) is 5.32 Å². The first-order chi connectivity index (χ1) is 9.17. The fourth-order valence-corrected chi connectivity index (χ4v) is 3.83. The van der Waals surface area contributed by atoms with Crippen molar-refractivity contribution in [1.29, 1.82) is 0 Å². The Hall–Kier alpha value is -1.51. The van der Waals surface area contributed by atoms with E-state index in [1.807, 2.05) is 0 Å². The number of phenols is 1. The highest BCUT2D eigenvalue weighted by Gasteiger charge is 2.38. The van der Waals surface area contributed by atoms with Gasteiger partial charge >= 0.3 is 0 Å². The summed E-state index contributed by atoms with van der Waals surface area (Å²) in [6.45, 7) is 9.09. The topological polar surface area (TPSA) is 49.3 Å². The van der Waals surface area contributed by atoms with E-state index in [4.69, 9.17) is 0 Å². The van der Waals surface area contributed by atoms with Gasteiger partial charge in [0.15, 0.2) is 0 Å². The summed E-state index contributed by atoms with van der Waals surface area (Å²) in [5, 5.41) is 12.4. The number of hydrogen-bond donors (Lipinski definition) is 2. The van der Waals surface area contributed by atoms with Crippen molar-refractivity contribution in [2.45, 2.75) is 53.0 Å². The van der Waals surface area contributed by atoms with Crippen LogP contribution in [0, 0.1) is 10.8 Å². The van der Waals surface area contributed by atoms with Crippen molar-refractivity contribution in [3.05, 3.63) is 29.8 Å². The largest absolute Gasteiger partial charge is 0.508 e. The van der Waals surface area contributed by atoms with Gasteiger partial charge in [0.2, 0.25) is 0 Å². The van der Waals surface area contributed by atoms with Crippen LogP contribution < -0.4 is 5.32 Å². The Morgan fingerprint density at radius 2 is 1.60 bits per heavy atom. The number of aromatic hydroxyl groups is 1. The number of phenolic OH excluding ortho intramolecular Hbond substituents is 1. The summed E-state index contributed by atoms with van der Waals surface area (Å²) < 4.78 is 0. The molecule has 0 bridgehead atoms. The minimum Gasteiger partial charge on any atom is -0.508 e. The molecule has 1 aromatic rings. The molecule has 0 heterocycles. The summed E-state index contributed by atoms with van der Waals surface area (Å²) in [5.41, 5.74) is 1.12. The van der Waals surface area contributed by atoms with Crippen LogP contribution in [0.5, 0.6) is 5.75 Å². The van der Waals surface area contributed by atoms with Gasteiger partial charge in [0, 0.05) is 11.6 Å². The zero-order chi connectivity index (χ0) is 15.0. The Bertz CT molecular complexity index is 472. The maximum absolute atomic E-state index is 12.3. The van der Waals surface area contributed by atoms with E-state index >= 15 is 0 Å². The van der Waals surface area contributed by atoms with Crippen molar-refractivity contribution >= 4 is 5.91 Å². The molecule has 1 fully saturated rings. The molecule has 3 heteroatoms. The number of hydrogen-bond acceptors (Lipinski definition) is 2. The van der Waals surface area contributed by atoms with Crippen molar-refractivity contribution in [3.63, 3.8) is 0 Å². The molecule has 1 aromatic carbocycles. The monoisotopic (exact) mass is 275 g/mol. The highest BCUT2D eigenvalue weighted by Crippen LogP contribution is 2.45. The van der Waals surface area contributed by atoms with Gasteiger partial charge in [-0.25, -0.2) is 0 Å². The molecule has 1 amide bonds. The van der Waals surface area contributed by atoms with E-state index in [9.17, 15) is 9.90 Å². The van der Waals surface area contributed by atoms with Gasteiger partial charge in [-0.2, -0.15) is 0 Å². The van der Waals surface area contributed by atoms with Crippen LogP contribution in [0.15, 0.2) is 24.3 Å². The Morgan fingerprint density at radius 1 is 1.10 bits per heavy atom. The summed E-state index contributed by atoms with van der Waals surface area (Å²) in [6, 6.07) is 6.62. The fraction of sp³-hybridized carbons (Fsp3) is 0.588. The predicted octanol–water partition coefficient (Wildman–Crippen LogP) is 3.73. The SMILES string of the molecule is CC1(C)CC(NC(=O)c2ccc(O)cc2)CC(C)(C)C1. The smallest absolute Gasteiger partial charge is 0.251 e. The molecule has 0 aromatic heterocycles. The number of amides is 1. The highest BCUT2D eigenvalue weighted by atomic mass is 16.3. The van der Waals surface area contributed by atoms with E-state index in [2.05, 4.69) is 33.0 Å². The van der Waals surface area contributed by atoms with Crippen LogP contribution in [-0.4, -0.2) is 17.1 Å². The second-order valence-electron chi connectivity index (χ2n) is 7.63. The maximum Gasteiger partial charge on any atom is 0.251 e. The summed E-state index contributed by atoms with van der Waals surface area (Å²) in [7, 11) is 0. The first-order valence-electron chi connectivity index (χ1n) is 7.27. The average Bonchev–Trinajstić information content (AvgIpc) is 2.25. The zero-order valence-electron chi connectivity index (χ0n) is 12.9. The van der Waals surface area contributed by atoms with Gasteiger partial charge < -0.3 is 10.4 Å². The van der Waals surface area contributed by atoms with Crippen LogP contribution in [0.4, 0.5) is 0 Å². The molecule has 3 nitrogen and oxygen atoms in total. The third-order valence-electron chi connectivity index (χ3n) is 4.02.